The van der Waals surface area contributed by atoms with Crippen LogP contribution in [-0.4, -0.2) is 19.1 Å². The van der Waals surface area contributed by atoms with E-state index in [4.69, 9.17) is 14.5 Å². The van der Waals surface area contributed by atoms with E-state index in [-0.39, 0.29) is 23.5 Å². The van der Waals surface area contributed by atoms with Crippen LogP contribution in [0.25, 0.3) is 5.57 Å². The molecule has 3 heterocycles. The SMILES string of the molecule is Cl.O=C(OCc1ccccc1C(F)(F)F)c1ccccc1C1=c2cc3c(cc2Oc2cc4c(cc21)CCCN4)=NCCC3. The van der Waals surface area contributed by atoms with Gasteiger partial charge in [0.05, 0.1) is 16.5 Å². The van der Waals surface area contributed by atoms with Crippen LogP contribution in [0.4, 0.5) is 18.9 Å². The standard InChI is InChI=1S/C34H27F3N2O3.ClH/c35-34(36,37)27-12-4-1-7-22(27)19-41-33(40)24-11-3-2-10-23(24)32-25-15-20-8-5-13-38-28(20)17-30(25)42-31-18-29-21(16-26(31)32)9-6-14-39-29;/h1-4,7,10-12,15-18,38H,5-6,8-9,13-14,19H2;1H. The lowest BCUT2D eigenvalue weighted by Gasteiger charge is -2.27. The number of ether oxygens (including phenoxy) is 2. The van der Waals surface area contributed by atoms with Crippen molar-refractivity contribution in [1.82, 2.24) is 0 Å². The number of benzene rings is 4. The molecule has 9 heteroatoms. The molecule has 7 rings (SSSR count). The lowest BCUT2D eigenvalue weighted by molar-refractivity contribution is -0.138. The Hall–Kier alpha value is -4.30. The number of esters is 1. The van der Waals surface area contributed by atoms with Crippen molar-refractivity contribution in [1.29, 1.82) is 0 Å². The molecule has 0 atom stereocenters. The van der Waals surface area contributed by atoms with Crippen molar-refractivity contribution >= 4 is 29.6 Å². The van der Waals surface area contributed by atoms with E-state index >= 15 is 0 Å². The van der Waals surface area contributed by atoms with Crippen LogP contribution in [0.2, 0.25) is 0 Å². The molecule has 4 aromatic rings. The van der Waals surface area contributed by atoms with Crippen molar-refractivity contribution in [2.24, 2.45) is 4.99 Å². The fourth-order valence-corrected chi connectivity index (χ4v) is 6.06. The summed E-state index contributed by atoms with van der Waals surface area (Å²) in [6, 6.07) is 20.4. The summed E-state index contributed by atoms with van der Waals surface area (Å²) in [6.07, 6.45) is -0.772. The van der Waals surface area contributed by atoms with E-state index in [1.807, 2.05) is 24.3 Å². The van der Waals surface area contributed by atoms with Gasteiger partial charge in [0.25, 0.3) is 0 Å². The van der Waals surface area contributed by atoms with Gasteiger partial charge in [-0.05, 0) is 66.6 Å². The van der Waals surface area contributed by atoms with Gasteiger partial charge >= 0.3 is 12.1 Å². The molecule has 0 aromatic heterocycles. The number of anilines is 1. The lowest BCUT2D eigenvalue weighted by Crippen LogP contribution is -2.26. The molecular weight excluding hydrogens is 577 g/mol. The van der Waals surface area contributed by atoms with Gasteiger partial charge < -0.3 is 14.8 Å². The van der Waals surface area contributed by atoms with Crippen LogP contribution in [0, 0.1) is 0 Å². The Morgan fingerprint density at radius 2 is 1.70 bits per heavy atom. The maximum Gasteiger partial charge on any atom is 0.416 e. The van der Waals surface area contributed by atoms with Gasteiger partial charge in [-0.3, -0.25) is 4.99 Å². The largest absolute Gasteiger partial charge is 0.457 e. The third-order valence-corrected chi connectivity index (χ3v) is 8.07. The summed E-state index contributed by atoms with van der Waals surface area (Å²) in [5.41, 5.74) is 5.00. The second-order valence-electron chi connectivity index (χ2n) is 10.8. The van der Waals surface area contributed by atoms with Crippen molar-refractivity contribution in [3.8, 4) is 11.5 Å². The fourth-order valence-electron chi connectivity index (χ4n) is 6.06. The average molecular weight is 605 g/mol. The van der Waals surface area contributed by atoms with Crippen molar-refractivity contribution in [2.45, 2.75) is 38.5 Å². The number of hydrogen-bond acceptors (Lipinski definition) is 5. The minimum atomic E-state index is -4.55. The summed E-state index contributed by atoms with van der Waals surface area (Å²) in [7, 11) is 0. The van der Waals surface area contributed by atoms with Gasteiger partial charge in [-0.1, -0.05) is 36.4 Å². The van der Waals surface area contributed by atoms with Gasteiger partial charge in [0, 0.05) is 52.8 Å². The van der Waals surface area contributed by atoms with Crippen LogP contribution in [0.1, 0.15) is 56.6 Å². The first-order chi connectivity index (χ1) is 20.4. The highest BCUT2D eigenvalue weighted by molar-refractivity contribution is 5.99. The van der Waals surface area contributed by atoms with Crippen molar-refractivity contribution in [3.05, 3.63) is 122 Å². The zero-order chi connectivity index (χ0) is 28.8. The maximum absolute atomic E-state index is 13.6. The predicted molar refractivity (Wildman–Crippen MR) is 160 cm³/mol. The van der Waals surface area contributed by atoms with Crippen LogP contribution >= 0.6 is 12.4 Å². The molecule has 0 amide bonds. The van der Waals surface area contributed by atoms with E-state index in [2.05, 4.69) is 17.4 Å². The third-order valence-electron chi connectivity index (χ3n) is 8.07. The predicted octanol–water partition coefficient (Wildman–Crippen LogP) is 6.76. The van der Waals surface area contributed by atoms with E-state index in [0.717, 1.165) is 77.8 Å². The van der Waals surface area contributed by atoms with Crippen molar-refractivity contribution < 1.29 is 27.4 Å². The fraction of sp³-hybridized carbons (Fsp3) is 0.235. The van der Waals surface area contributed by atoms with E-state index in [1.54, 1.807) is 12.1 Å². The summed E-state index contributed by atoms with van der Waals surface area (Å²) in [5, 5.41) is 5.22. The van der Waals surface area contributed by atoms with Crippen LogP contribution in [0.5, 0.6) is 11.5 Å². The van der Waals surface area contributed by atoms with Crippen LogP contribution in [0.15, 0.2) is 77.8 Å². The van der Waals surface area contributed by atoms with Gasteiger partial charge in [-0.15, -0.1) is 12.4 Å². The topological polar surface area (TPSA) is 59.9 Å². The number of nitrogens with one attached hydrogen (secondary N) is 1. The number of hydrogen-bond donors (Lipinski definition) is 1. The molecule has 5 nitrogen and oxygen atoms in total. The molecular formula is C34H28ClF3N2O3. The minimum absolute atomic E-state index is 0. The summed E-state index contributed by atoms with van der Waals surface area (Å²) < 4.78 is 52.7. The molecule has 4 aromatic carbocycles. The first-order valence-electron chi connectivity index (χ1n) is 14.1. The van der Waals surface area contributed by atoms with Crippen LogP contribution in [0.3, 0.4) is 0 Å². The molecule has 220 valence electrons. The Morgan fingerprint density at radius 1 is 0.907 bits per heavy atom. The zero-order valence-electron chi connectivity index (χ0n) is 23.1. The summed E-state index contributed by atoms with van der Waals surface area (Å²) >= 11 is 0. The third kappa shape index (κ3) is 5.36. The Balaban J connectivity index is 0.00000329. The van der Waals surface area contributed by atoms with E-state index < -0.39 is 24.3 Å². The molecule has 43 heavy (non-hydrogen) atoms. The smallest absolute Gasteiger partial charge is 0.416 e. The number of carbonyl (C=O) groups excluding carboxylic acids is 1. The monoisotopic (exact) mass is 604 g/mol. The van der Waals surface area contributed by atoms with E-state index in [0.29, 0.717) is 17.1 Å². The minimum Gasteiger partial charge on any atom is -0.457 e. The first kappa shape index (κ1) is 28.8. The zero-order valence-corrected chi connectivity index (χ0v) is 23.9. The van der Waals surface area contributed by atoms with E-state index in [9.17, 15) is 18.0 Å². The highest BCUT2D eigenvalue weighted by Crippen LogP contribution is 2.41. The highest BCUT2D eigenvalue weighted by Gasteiger charge is 2.33. The summed E-state index contributed by atoms with van der Waals surface area (Å²) in [5.74, 6) is 0.626. The second-order valence-corrected chi connectivity index (χ2v) is 10.8. The van der Waals surface area contributed by atoms with Gasteiger partial charge in [-0.2, -0.15) is 13.2 Å². The Bertz CT molecular complexity index is 1870. The normalized spacial score (nSPS) is 14.8. The first-order valence-corrected chi connectivity index (χ1v) is 14.1. The molecule has 0 unspecified atom stereocenters. The molecule has 0 bridgehead atoms. The molecule has 0 fully saturated rings. The van der Waals surface area contributed by atoms with Crippen LogP contribution in [-0.2, 0) is 30.4 Å². The van der Waals surface area contributed by atoms with Crippen molar-refractivity contribution in [3.63, 3.8) is 0 Å². The number of alkyl halides is 3. The van der Waals surface area contributed by atoms with Crippen molar-refractivity contribution in [2.75, 3.05) is 18.4 Å². The number of carbonyl (C=O) groups is 1. The maximum atomic E-state index is 13.6. The lowest BCUT2D eigenvalue weighted by atomic mass is 9.87. The Kier molecular flexibility index (Phi) is 7.65. The molecule has 3 aliphatic heterocycles. The summed E-state index contributed by atoms with van der Waals surface area (Å²) in [4.78, 5) is 18.3. The Morgan fingerprint density at radius 3 is 2.56 bits per heavy atom. The van der Waals surface area contributed by atoms with Gasteiger partial charge in [0.15, 0.2) is 0 Å². The quantitative estimate of drug-likeness (QED) is 0.230. The van der Waals surface area contributed by atoms with Gasteiger partial charge in [0.2, 0.25) is 0 Å². The van der Waals surface area contributed by atoms with Gasteiger partial charge in [-0.25, -0.2) is 4.79 Å². The van der Waals surface area contributed by atoms with Crippen LogP contribution < -0.4 is 20.6 Å². The molecule has 0 aliphatic carbocycles. The number of rotatable bonds is 4. The number of aryl methyl sites for hydroxylation is 2. The van der Waals surface area contributed by atoms with E-state index in [1.165, 1.54) is 23.8 Å². The number of halogens is 4. The molecule has 0 spiro atoms. The highest BCUT2D eigenvalue weighted by atomic mass is 35.5. The van der Waals surface area contributed by atoms with Gasteiger partial charge in [0.1, 0.15) is 18.1 Å². The molecule has 0 saturated heterocycles. The molecule has 3 aliphatic rings. The number of nitrogens with zero attached hydrogens (tertiary/aromatic N) is 1. The second kappa shape index (κ2) is 11.4. The molecule has 1 N–H and O–H groups in total. The summed E-state index contributed by atoms with van der Waals surface area (Å²) in [6.45, 7) is 1.16. The molecule has 0 radical (unpaired) electrons. The average Bonchev–Trinajstić information content (AvgIpc) is 3.00. The number of fused-ring (bicyclic) bond motifs is 4. The molecule has 0 saturated carbocycles. The Labute approximate surface area is 252 Å².